The number of hydrogen-bond donors (Lipinski definition) is 0. The van der Waals surface area contributed by atoms with Crippen LogP contribution in [0.25, 0.3) is 0 Å². The molecule has 0 fully saturated rings. The van der Waals surface area contributed by atoms with Gasteiger partial charge in [-0.25, -0.2) is 0 Å². The van der Waals surface area contributed by atoms with Crippen LogP contribution in [0, 0.1) is 5.92 Å². The molecule has 9 heavy (non-hydrogen) atoms. The molecule has 55 valence electrons. The van der Waals surface area contributed by atoms with Crippen LogP contribution in [0.3, 0.4) is 0 Å². The van der Waals surface area contributed by atoms with Crippen LogP contribution >= 0.6 is 0 Å². The molecule has 0 N–H and O–H groups in total. The second-order valence-corrected chi connectivity index (χ2v) is 2.66. The first kappa shape index (κ1) is 8.96. The Kier molecular flexibility index (Phi) is 6.06. The van der Waals surface area contributed by atoms with Gasteiger partial charge in [0.15, 0.2) is 0 Å². The molecule has 0 atom stereocenters. The summed E-state index contributed by atoms with van der Waals surface area (Å²) in [5.41, 5.74) is 0. The Morgan fingerprint density at radius 3 is 2.33 bits per heavy atom. The molecule has 1 nitrogen and oxygen atoms in total. The molecule has 0 heterocycles. The Labute approximate surface area is 58.4 Å². The molecule has 0 aromatic rings. The van der Waals surface area contributed by atoms with Gasteiger partial charge >= 0.3 is 0 Å². The summed E-state index contributed by atoms with van der Waals surface area (Å²) in [7, 11) is 1.75. The molecule has 0 aromatic heterocycles. The van der Waals surface area contributed by atoms with E-state index in [0.717, 1.165) is 6.61 Å². The standard InChI is InChI=1S/C8H17O/c1-8(2)6-4-5-7-9-3/h4-7H2,1-3H3. The smallest absolute Gasteiger partial charge is 0.0462 e. The molecule has 0 unspecified atom stereocenters. The van der Waals surface area contributed by atoms with Gasteiger partial charge in [-0.3, -0.25) is 0 Å². The zero-order valence-electron chi connectivity index (χ0n) is 6.74. The first-order valence-electron chi connectivity index (χ1n) is 3.55. The summed E-state index contributed by atoms with van der Waals surface area (Å²) in [6.45, 7) is 5.26. The van der Waals surface area contributed by atoms with Gasteiger partial charge in [-0.2, -0.15) is 0 Å². The molecule has 0 aromatic carbocycles. The highest BCUT2D eigenvalue weighted by molar-refractivity contribution is 4.75. The normalized spacial score (nSPS) is 10.7. The second kappa shape index (κ2) is 6.09. The van der Waals surface area contributed by atoms with Crippen molar-refractivity contribution in [3.05, 3.63) is 5.92 Å². The molecule has 0 rings (SSSR count). The minimum absolute atomic E-state index is 0.910. The summed E-state index contributed by atoms with van der Waals surface area (Å²) in [6, 6.07) is 0. The zero-order chi connectivity index (χ0) is 7.11. The molecule has 1 heteroatoms. The first-order valence-corrected chi connectivity index (χ1v) is 3.55. The van der Waals surface area contributed by atoms with E-state index in [9.17, 15) is 0 Å². The Hall–Kier alpha value is -0.0400. The van der Waals surface area contributed by atoms with Crippen molar-refractivity contribution >= 4 is 0 Å². The predicted molar refractivity (Wildman–Crippen MR) is 40.3 cm³/mol. The minimum atomic E-state index is 0.910. The molecule has 0 saturated carbocycles. The fraction of sp³-hybridized carbons (Fsp3) is 0.875. The van der Waals surface area contributed by atoms with Crippen LogP contribution < -0.4 is 0 Å². The molecule has 0 saturated heterocycles. The number of hydrogen-bond acceptors (Lipinski definition) is 1. The van der Waals surface area contributed by atoms with E-state index in [2.05, 4.69) is 13.8 Å². The summed E-state index contributed by atoms with van der Waals surface area (Å²) in [6.07, 6.45) is 3.72. The molecular weight excluding hydrogens is 112 g/mol. The molecule has 0 aliphatic carbocycles. The lowest BCUT2D eigenvalue weighted by molar-refractivity contribution is 0.192. The first-order chi connectivity index (χ1) is 4.27. The van der Waals surface area contributed by atoms with Gasteiger partial charge in [-0.15, -0.1) is 0 Å². The van der Waals surface area contributed by atoms with Crippen molar-refractivity contribution in [2.75, 3.05) is 13.7 Å². The molecular formula is C8H17O. The Morgan fingerprint density at radius 2 is 1.89 bits per heavy atom. The van der Waals surface area contributed by atoms with Crippen molar-refractivity contribution in [1.82, 2.24) is 0 Å². The van der Waals surface area contributed by atoms with E-state index in [-0.39, 0.29) is 0 Å². The average molecular weight is 129 g/mol. The highest BCUT2D eigenvalue weighted by Crippen LogP contribution is 2.07. The fourth-order valence-corrected chi connectivity index (χ4v) is 0.725. The zero-order valence-corrected chi connectivity index (χ0v) is 6.74. The Morgan fingerprint density at radius 1 is 1.22 bits per heavy atom. The number of ether oxygens (including phenoxy) is 1. The maximum atomic E-state index is 4.91. The van der Waals surface area contributed by atoms with Crippen molar-refractivity contribution in [1.29, 1.82) is 0 Å². The van der Waals surface area contributed by atoms with Crippen molar-refractivity contribution in [2.45, 2.75) is 33.1 Å². The van der Waals surface area contributed by atoms with Gasteiger partial charge in [0.2, 0.25) is 0 Å². The van der Waals surface area contributed by atoms with Gasteiger partial charge in [0.1, 0.15) is 0 Å². The van der Waals surface area contributed by atoms with Gasteiger partial charge in [0, 0.05) is 13.7 Å². The van der Waals surface area contributed by atoms with Crippen LogP contribution in [-0.2, 0) is 4.74 Å². The number of rotatable bonds is 5. The number of unbranched alkanes of at least 4 members (excludes halogenated alkanes) is 1. The van der Waals surface area contributed by atoms with Gasteiger partial charge in [0.25, 0.3) is 0 Å². The summed E-state index contributed by atoms with van der Waals surface area (Å²) in [5, 5.41) is 0. The lowest BCUT2D eigenvalue weighted by atomic mass is 10.1. The van der Waals surface area contributed by atoms with E-state index in [1.807, 2.05) is 0 Å². The molecule has 0 amide bonds. The summed E-state index contributed by atoms with van der Waals surface area (Å²) in [5.74, 6) is 1.52. The second-order valence-electron chi connectivity index (χ2n) is 2.66. The van der Waals surface area contributed by atoms with E-state index in [4.69, 9.17) is 4.74 Å². The third-order valence-corrected chi connectivity index (χ3v) is 1.28. The van der Waals surface area contributed by atoms with E-state index < -0.39 is 0 Å². The lowest BCUT2D eigenvalue weighted by Crippen LogP contribution is -1.90. The minimum Gasteiger partial charge on any atom is -0.385 e. The SMILES string of the molecule is COCCCC[C](C)C. The van der Waals surface area contributed by atoms with Crippen molar-refractivity contribution in [3.8, 4) is 0 Å². The van der Waals surface area contributed by atoms with Gasteiger partial charge in [-0.1, -0.05) is 20.3 Å². The quantitative estimate of drug-likeness (QED) is 0.518. The monoisotopic (exact) mass is 129 g/mol. The lowest BCUT2D eigenvalue weighted by Gasteiger charge is -2.01. The van der Waals surface area contributed by atoms with E-state index in [1.54, 1.807) is 7.11 Å². The van der Waals surface area contributed by atoms with Crippen LogP contribution in [0.2, 0.25) is 0 Å². The largest absolute Gasteiger partial charge is 0.385 e. The van der Waals surface area contributed by atoms with Crippen LogP contribution in [0.4, 0.5) is 0 Å². The van der Waals surface area contributed by atoms with E-state index >= 15 is 0 Å². The molecule has 0 spiro atoms. The van der Waals surface area contributed by atoms with Crippen LogP contribution in [-0.4, -0.2) is 13.7 Å². The van der Waals surface area contributed by atoms with Crippen LogP contribution in [0.1, 0.15) is 33.1 Å². The highest BCUT2D eigenvalue weighted by Gasteiger charge is 1.92. The summed E-state index contributed by atoms with van der Waals surface area (Å²) in [4.78, 5) is 0. The predicted octanol–water partition coefficient (Wildman–Crippen LogP) is 2.42. The number of methoxy groups -OCH3 is 1. The van der Waals surface area contributed by atoms with Crippen molar-refractivity contribution in [2.24, 2.45) is 0 Å². The van der Waals surface area contributed by atoms with E-state index in [1.165, 1.54) is 25.2 Å². The van der Waals surface area contributed by atoms with Crippen LogP contribution in [0.5, 0.6) is 0 Å². The summed E-state index contributed by atoms with van der Waals surface area (Å²) >= 11 is 0. The van der Waals surface area contributed by atoms with Crippen molar-refractivity contribution in [3.63, 3.8) is 0 Å². The maximum Gasteiger partial charge on any atom is 0.0462 e. The van der Waals surface area contributed by atoms with Crippen LogP contribution in [0.15, 0.2) is 0 Å². The Balaban J connectivity index is 2.75. The summed E-state index contributed by atoms with van der Waals surface area (Å²) < 4.78 is 4.91. The van der Waals surface area contributed by atoms with Gasteiger partial charge < -0.3 is 4.74 Å². The molecule has 0 aliphatic heterocycles. The van der Waals surface area contributed by atoms with E-state index in [0.29, 0.717) is 0 Å². The highest BCUT2D eigenvalue weighted by atomic mass is 16.5. The average Bonchev–Trinajstić information content (AvgIpc) is 1.80. The Bertz CT molecular complexity index is 50.5. The molecule has 1 radical (unpaired) electrons. The topological polar surface area (TPSA) is 9.23 Å². The third kappa shape index (κ3) is 7.96. The third-order valence-electron chi connectivity index (χ3n) is 1.28. The fourth-order valence-electron chi connectivity index (χ4n) is 0.725. The van der Waals surface area contributed by atoms with Gasteiger partial charge in [-0.05, 0) is 18.8 Å². The van der Waals surface area contributed by atoms with Crippen molar-refractivity contribution < 1.29 is 4.74 Å². The molecule has 0 bridgehead atoms. The van der Waals surface area contributed by atoms with Gasteiger partial charge in [0.05, 0.1) is 0 Å². The molecule has 0 aliphatic rings. The maximum absolute atomic E-state index is 4.91.